The number of carbonyl (C=O) groups is 1. The summed E-state index contributed by atoms with van der Waals surface area (Å²) in [6.07, 6.45) is 3.58. The fraction of sp³-hybridized carbons (Fsp3) is 0.515. The van der Waals surface area contributed by atoms with E-state index in [4.69, 9.17) is 4.74 Å². The zero-order chi connectivity index (χ0) is 32.3. The maximum atomic E-state index is 14.6. The number of aliphatic hydroxyl groups is 3. The van der Waals surface area contributed by atoms with Crippen LogP contribution in [-0.2, 0) is 17.8 Å². The number of benzene rings is 2. The molecular formula is C33H43FN5O5S2+. The van der Waals surface area contributed by atoms with E-state index in [-0.39, 0.29) is 39.9 Å². The minimum absolute atomic E-state index is 0.0274. The normalized spacial score (nSPS) is 20.6. The van der Waals surface area contributed by atoms with Gasteiger partial charge in [-0.05, 0) is 48.7 Å². The van der Waals surface area contributed by atoms with Gasteiger partial charge < -0.3 is 35.5 Å². The van der Waals surface area contributed by atoms with Crippen LogP contribution in [0.3, 0.4) is 0 Å². The number of thiazole rings is 1. The van der Waals surface area contributed by atoms with E-state index in [1.165, 1.54) is 6.07 Å². The Morgan fingerprint density at radius 2 is 2.02 bits per heavy atom. The van der Waals surface area contributed by atoms with E-state index in [1.54, 1.807) is 30.0 Å². The van der Waals surface area contributed by atoms with E-state index >= 15 is 0 Å². The number of phenolic OH excluding ortho intramolecular Hbond substituents is 1. The minimum atomic E-state index is -0.866. The van der Waals surface area contributed by atoms with Gasteiger partial charge in [0.25, 0.3) is 5.91 Å². The van der Waals surface area contributed by atoms with Crippen LogP contribution in [0.2, 0.25) is 0 Å². The van der Waals surface area contributed by atoms with Gasteiger partial charge in [-0.25, -0.2) is 4.39 Å². The molecule has 1 amide bonds. The number of aromatic amines is 1. The topological polar surface area (TPSA) is 134 Å². The number of halogens is 1. The number of aromatic hydroxyl groups is 1. The van der Waals surface area contributed by atoms with Gasteiger partial charge in [0.05, 0.1) is 29.3 Å². The van der Waals surface area contributed by atoms with E-state index in [0.717, 1.165) is 61.2 Å². The molecule has 2 fully saturated rings. The Morgan fingerprint density at radius 3 is 2.83 bits per heavy atom. The lowest BCUT2D eigenvalue weighted by molar-refractivity contribution is -0.239. The molecule has 0 saturated carbocycles. The number of amides is 1. The number of likely N-dealkylation sites (tertiary alicyclic amines) is 1. The average Bonchev–Trinajstić information content (AvgIpc) is 3.67. The highest BCUT2D eigenvalue weighted by Crippen LogP contribution is 2.33. The highest BCUT2D eigenvalue weighted by Gasteiger charge is 2.46. The Balaban J connectivity index is 0.975. The molecule has 3 aliphatic heterocycles. The Kier molecular flexibility index (Phi) is 10.4. The zero-order valence-electron chi connectivity index (χ0n) is 26.1. The molecule has 3 aliphatic rings. The maximum absolute atomic E-state index is 14.6. The Bertz CT molecular complexity index is 1640. The Hall–Kier alpha value is -2.94. The minimum Gasteiger partial charge on any atom is -0.506 e. The number of aromatic nitrogens is 1. The number of fused-ring (bicyclic) bond motifs is 1. The number of hydrogen-bond donors (Lipinski definition) is 5. The van der Waals surface area contributed by atoms with Crippen molar-refractivity contribution in [2.75, 3.05) is 45.9 Å². The van der Waals surface area contributed by atoms with Crippen molar-refractivity contribution in [1.29, 1.82) is 0 Å². The molecule has 4 heterocycles. The van der Waals surface area contributed by atoms with Crippen molar-refractivity contribution in [2.45, 2.75) is 62.7 Å². The summed E-state index contributed by atoms with van der Waals surface area (Å²) in [7, 11) is 0. The number of carbonyl (C=O) groups excluding carboxylic acids is 1. The van der Waals surface area contributed by atoms with Gasteiger partial charge in [0.2, 0.25) is 0 Å². The number of H-pyrrole nitrogens is 1. The number of nitrogens with one attached hydrogen (secondary N) is 3. The number of aliphatic hydroxyl groups excluding tert-OH is 1. The quantitative estimate of drug-likeness (QED) is 0.155. The van der Waals surface area contributed by atoms with Crippen LogP contribution in [0.5, 0.6) is 5.75 Å². The van der Waals surface area contributed by atoms with E-state index in [1.807, 2.05) is 16.4 Å². The highest BCUT2D eigenvalue weighted by atomic mass is 32.2. The highest BCUT2D eigenvalue weighted by molar-refractivity contribution is 8.03. The molecule has 1 spiro atoms. The van der Waals surface area contributed by atoms with Crippen LogP contribution in [0.4, 0.5) is 4.39 Å². The van der Waals surface area contributed by atoms with Gasteiger partial charge in [0, 0.05) is 50.0 Å². The largest absolute Gasteiger partial charge is 0.506 e. The summed E-state index contributed by atoms with van der Waals surface area (Å²) < 4.78 is 20.2. The standard InChI is InChI=1S/C33H42FN5O5S2/c1-2-3-28-36-25(19-45-28)31(42)39-12-13-44-33(20-39)7-10-38(11-8-33)18-22-14-21(15-23(34)16-22)6-9-35-17-27(41)24-4-5-26(40)29-30(24)46-32(43)37-29/h4-5,14-16,19,27-28,35-36,40-41H,2-3,6-13,17-18,20H2,1H3,(H,37,43)/p+1/t27-,28?/m0/s1. The summed E-state index contributed by atoms with van der Waals surface area (Å²) in [5, 5.41) is 29.6. The lowest BCUT2D eigenvalue weighted by Gasteiger charge is -2.44. The monoisotopic (exact) mass is 672 g/mol. The molecule has 6 rings (SSSR count). The molecule has 3 aromatic rings. The summed E-state index contributed by atoms with van der Waals surface area (Å²) in [4.78, 5) is 31.7. The van der Waals surface area contributed by atoms with Crippen molar-refractivity contribution in [2.24, 2.45) is 0 Å². The number of piperidine rings is 1. The molecule has 1 aromatic heterocycles. The van der Waals surface area contributed by atoms with Crippen LogP contribution in [0.15, 0.2) is 46.2 Å². The molecule has 0 radical (unpaired) electrons. The first-order valence-electron chi connectivity index (χ1n) is 16.1. The van der Waals surface area contributed by atoms with Crippen LogP contribution in [-0.4, -0.2) is 92.5 Å². The van der Waals surface area contributed by atoms with Crippen LogP contribution < -0.4 is 15.5 Å². The predicted molar refractivity (Wildman–Crippen MR) is 180 cm³/mol. The van der Waals surface area contributed by atoms with Gasteiger partial charge >= 0.3 is 4.87 Å². The Labute approximate surface area is 276 Å². The SMILES string of the molecule is CCCC1NC(C(=O)N2CC[OH+]C3(CCN(Cc4cc(F)cc(CCNC[C@H](O)c5ccc(O)c6[nH]c(=O)sc56)c4)CC3)C2)=CS1. The van der Waals surface area contributed by atoms with Gasteiger partial charge in [-0.2, -0.15) is 0 Å². The molecular weight excluding hydrogens is 630 g/mol. The van der Waals surface area contributed by atoms with Gasteiger partial charge in [0.15, 0.2) is 12.2 Å². The molecule has 13 heteroatoms. The maximum Gasteiger partial charge on any atom is 0.305 e. The number of thioether (sulfide) groups is 1. The van der Waals surface area contributed by atoms with Crippen molar-refractivity contribution >= 4 is 39.2 Å². The van der Waals surface area contributed by atoms with Crippen LogP contribution in [0.1, 0.15) is 55.4 Å². The molecule has 46 heavy (non-hydrogen) atoms. The third-order valence-electron chi connectivity index (χ3n) is 9.12. The second-order valence-electron chi connectivity index (χ2n) is 12.5. The van der Waals surface area contributed by atoms with Crippen LogP contribution in [0, 0.1) is 5.82 Å². The molecule has 2 atom stereocenters. The molecule has 2 saturated heterocycles. The number of ether oxygens (including phenoxy) is 1. The van der Waals surface area contributed by atoms with Crippen molar-refractivity contribution in [1.82, 2.24) is 25.4 Å². The smallest absolute Gasteiger partial charge is 0.305 e. The van der Waals surface area contributed by atoms with Crippen molar-refractivity contribution in [3.05, 3.63) is 73.6 Å². The number of hydrogen-bond acceptors (Lipinski definition) is 9. The first-order chi connectivity index (χ1) is 22.2. The second-order valence-corrected chi connectivity index (χ2v) is 14.6. The number of morpholine rings is 1. The average molecular weight is 673 g/mol. The molecule has 2 aromatic carbocycles. The van der Waals surface area contributed by atoms with E-state index < -0.39 is 6.10 Å². The second kappa shape index (κ2) is 14.4. The van der Waals surface area contributed by atoms with Crippen LogP contribution in [0.25, 0.3) is 10.2 Å². The van der Waals surface area contributed by atoms with Gasteiger partial charge in [-0.1, -0.05) is 36.8 Å². The fourth-order valence-electron chi connectivity index (χ4n) is 6.68. The van der Waals surface area contributed by atoms with Crippen molar-refractivity contribution in [3.63, 3.8) is 0 Å². The fourth-order valence-corrected chi connectivity index (χ4v) is 8.63. The van der Waals surface area contributed by atoms with E-state index in [0.29, 0.717) is 60.7 Å². The van der Waals surface area contributed by atoms with Gasteiger partial charge in [-0.3, -0.25) is 14.5 Å². The summed E-state index contributed by atoms with van der Waals surface area (Å²) in [5.74, 6) is -0.211. The first kappa shape index (κ1) is 33.0. The predicted octanol–water partition coefficient (Wildman–Crippen LogP) is 3.31. The third kappa shape index (κ3) is 7.61. The molecule has 6 N–H and O–H groups in total. The molecule has 10 nitrogen and oxygen atoms in total. The summed E-state index contributed by atoms with van der Waals surface area (Å²) in [6.45, 7) is 7.25. The first-order valence-corrected chi connectivity index (χ1v) is 17.8. The zero-order valence-corrected chi connectivity index (χ0v) is 27.7. The lowest BCUT2D eigenvalue weighted by atomic mass is 9.89. The van der Waals surface area contributed by atoms with E-state index in [9.17, 15) is 24.2 Å². The van der Waals surface area contributed by atoms with Crippen molar-refractivity contribution < 1.29 is 24.1 Å². The number of nitrogens with zero attached hydrogens (tertiary/aromatic N) is 2. The summed E-state index contributed by atoms with van der Waals surface area (Å²) >= 11 is 2.65. The Morgan fingerprint density at radius 1 is 1.22 bits per heavy atom. The van der Waals surface area contributed by atoms with Crippen LogP contribution >= 0.6 is 23.1 Å². The summed E-state index contributed by atoms with van der Waals surface area (Å²) in [5.41, 5.74) is 3.21. The molecule has 1 unspecified atom stereocenters. The number of phenols is 1. The lowest BCUT2D eigenvalue weighted by Crippen LogP contribution is -2.60. The van der Waals surface area contributed by atoms with E-state index in [2.05, 4.69) is 27.4 Å². The summed E-state index contributed by atoms with van der Waals surface area (Å²) in [6, 6.07) is 8.29. The number of rotatable bonds is 11. The molecule has 248 valence electrons. The van der Waals surface area contributed by atoms with Gasteiger partial charge in [-0.15, -0.1) is 11.8 Å². The molecule has 0 aliphatic carbocycles. The third-order valence-corrected chi connectivity index (χ3v) is 11.1. The van der Waals surface area contributed by atoms with Gasteiger partial charge in [0.1, 0.15) is 22.8 Å². The molecule has 0 bridgehead atoms. The van der Waals surface area contributed by atoms with Crippen molar-refractivity contribution in [3.8, 4) is 5.75 Å².